The molecule has 3 heterocycles. The van der Waals surface area contributed by atoms with Crippen LogP contribution in [0.1, 0.15) is 58.3 Å². The van der Waals surface area contributed by atoms with Crippen LogP contribution in [0.25, 0.3) is 0 Å². The predicted octanol–water partition coefficient (Wildman–Crippen LogP) is 3.55. The van der Waals surface area contributed by atoms with E-state index in [2.05, 4.69) is 0 Å². The molecule has 2 aromatic rings. The second kappa shape index (κ2) is 7.91. The highest BCUT2D eigenvalue weighted by atomic mass is 16.5. The standard InChI is InChI=1S/C25H28N2O4/c1-30-20-14-16-10-13-27-23(19(16)15-21(20)31-2)22(25(29)26-11-6-3-7-12-26)17-8-4-5-9-18(17)24(27)28/h4-5,8-9,14-15,22-23H,3,6-7,10-13H2,1-2H3. The maximum absolute atomic E-state index is 13.9. The molecule has 0 spiro atoms. The van der Waals surface area contributed by atoms with Gasteiger partial charge in [0.05, 0.1) is 26.2 Å². The van der Waals surface area contributed by atoms with Crippen molar-refractivity contribution in [1.29, 1.82) is 0 Å². The highest BCUT2D eigenvalue weighted by Gasteiger charge is 2.47. The number of methoxy groups -OCH3 is 2. The number of amides is 2. The zero-order valence-electron chi connectivity index (χ0n) is 18.1. The summed E-state index contributed by atoms with van der Waals surface area (Å²) in [6, 6.07) is 11.2. The van der Waals surface area contributed by atoms with Crippen molar-refractivity contribution < 1.29 is 19.1 Å². The Morgan fingerprint density at radius 3 is 2.39 bits per heavy atom. The fraction of sp³-hybridized carbons (Fsp3) is 0.440. The molecule has 0 aliphatic carbocycles. The van der Waals surface area contributed by atoms with Gasteiger partial charge in [0, 0.05) is 25.2 Å². The molecule has 2 unspecified atom stereocenters. The molecule has 3 aliphatic heterocycles. The van der Waals surface area contributed by atoms with Crippen LogP contribution in [0.4, 0.5) is 0 Å². The van der Waals surface area contributed by atoms with Crippen LogP contribution in [0.5, 0.6) is 11.5 Å². The van der Waals surface area contributed by atoms with Crippen molar-refractivity contribution in [2.45, 2.75) is 37.6 Å². The van der Waals surface area contributed by atoms with E-state index in [1.807, 2.05) is 46.2 Å². The summed E-state index contributed by atoms with van der Waals surface area (Å²) < 4.78 is 11.1. The van der Waals surface area contributed by atoms with Gasteiger partial charge in [0.15, 0.2) is 11.5 Å². The molecular formula is C25H28N2O4. The number of rotatable bonds is 3. The van der Waals surface area contributed by atoms with E-state index in [-0.39, 0.29) is 17.9 Å². The van der Waals surface area contributed by atoms with Crippen LogP contribution in [0.15, 0.2) is 36.4 Å². The maximum atomic E-state index is 13.9. The zero-order chi connectivity index (χ0) is 21.5. The van der Waals surface area contributed by atoms with Crippen LogP contribution in [0.2, 0.25) is 0 Å². The van der Waals surface area contributed by atoms with Crippen molar-refractivity contribution in [3.63, 3.8) is 0 Å². The third-order valence-corrected chi connectivity index (χ3v) is 6.96. The molecule has 0 bridgehead atoms. The summed E-state index contributed by atoms with van der Waals surface area (Å²) in [5, 5.41) is 0. The number of hydrogen-bond acceptors (Lipinski definition) is 4. The molecule has 1 saturated heterocycles. The van der Waals surface area contributed by atoms with Crippen molar-refractivity contribution in [2.75, 3.05) is 33.9 Å². The van der Waals surface area contributed by atoms with E-state index in [1.54, 1.807) is 14.2 Å². The summed E-state index contributed by atoms with van der Waals surface area (Å²) in [6.07, 6.45) is 3.97. The first-order valence-electron chi connectivity index (χ1n) is 11.1. The molecule has 2 aromatic carbocycles. The molecule has 0 aromatic heterocycles. The third kappa shape index (κ3) is 3.16. The van der Waals surface area contributed by atoms with Gasteiger partial charge in [-0.1, -0.05) is 18.2 Å². The van der Waals surface area contributed by atoms with E-state index >= 15 is 0 Å². The van der Waals surface area contributed by atoms with Gasteiger partial charge in [0.25, 0.3) is 5.91 Å². The smallest absolute Gasteiger partial charge is 0.254 e. The largest absolute Gasteiger partial charge is 0.493 e. The van der Waals surface area contributed by atoms with Gasteiger partial charge in [-0.2, -0.15) is 0 Å². The van der Waals surface area contributed by atoms with Crippen molar-refractivity contribution in [2.24, 2.45) is 0 Å². The Hall–Kier alpha value is -3.02. The Kier molecular flexibility index (Phi) is 5.08. The molecule has 0 N–H and O–H groups in total. The molecule has 5 rings (SSSR count). The summed E-state index contributed by atoms with van der Waals surface area (Å²) in [7, 11) is 3.24. The van der Waals surface area contributed by atoms with E-state index in [0.717, 1.165) is 49.0 Å². The van der Waals surface area contributed by atoms with Gasteiger partial charge in [-0.3, -0.25) is 9.59 Å². The highest BCUT2D eigenvalue weighted by molar-refractivity contribution is 6.01. The van der Waals surface area contributed by atoms with Crippen LogP contribution in [-0.4, -0.2) is 55.5 Å². The number of carbonyl (C=O) groups is 2. The first kappa shape index (κ1) is 19.9. The van der Waals surface area contributed by atoms with Gasteiger partial charge in [-0.25, -0.2) is 0 Å². The molecule has 2 amide bonds. The van der Waals surface area contributed by atoms with Crippen molar-refractivity contribution in [3.05, 3.63) is 58.7 Å². The number of benzene rings is 2. The first-order chi connectivity index (χ1) is 15.1. The van der Waals surface area contributed by atoms with Crippen molar-refractivity contribution >= 4 is 11.8 Å². The Bertz CT molecular complexity index is 1030. The SMILES string of the molecule is COc1cc2c(cc1OC)C1C(C(=O)N3CCCCC3)c3ccccc3C(=O)N1CC2. The fourth-order valence-electron chi connectivity index (χ4n) is 5.43. The molecule has 3 aliphatic rings. The number of piperidine rings is 1. The first-order valence-corrected chi connectivity index (χ1v) is 11.1. The number of nitrogens with zero attached hydrogens (tertiary/aromatic N) is 2. The number of hydrogen-bond donors (Lipinski definition) is 0. The second-order valence-corrected chi connectivity index (χ2v) is 8.55. The van der Waals surface area contributed by atoms with Crippen LogP contribution in [0, 0.1) is 0 Å². The topological polar surface area (TPSA) is 59.1 Å². The highest BCUT2D eigenvalue weighted by Crippen LogP contribution is 2.49. The molecule has 31 heavy (non-hydrogen) atoms. The number of fused-ring (bicyclic) bond motifs is 4. The monoisotopic (exact) mass is 420 g/mol. The quantitative estimate of drug-likeness (QED) is 0.762. The molecule has 0 saturated carbocycles. The van der Waals surface area contributed by atoms with Crippen LogP contribution < -0.4 is 9.47 Å². The minimum absolute atomic E-state index is 0.00345. The number of likely N-dealkylation sites (tertiary alicyclic amines) is 1. The number of carbonyl (C=O) groups excluding carboxylic acids is 2. The number of ether oxygens (including phenoxy) is 2. The van der Waals surface area contributed by atoms with Crippen LogP contribution >= 0.6 is 0 Å². The van der Waals surface area contributed by atoms with Gasteiger partial charge in [0.2, 0.25) is 5.91 Å². The molecule has 162 valence electrons. The average Bonchev–Trinajstić information content (AvgIpc) is 2.83. The minimum Gasteiger partial charge on any atom is -0.493 e. The van der Waals surface area contributed by atoms with Crippen LogP contribution in [-0.2, 0) is 11.2 Å². The summed E-state index contributed by atoms with van der Waals surface area (Å²) in [6.45, 7) is 2.16. The van der Waals surface area contributed by atoms with E-state index in [9.17, 15) is 9.59 Å². The Morgan fingerprint density at radius 1 is 0.935 bits per heavy atom. The van der Waals surface area contributed by atoms with Crippen molar-refractivity contribution in [3.8, 4) is 11.5 Å². The van der Waals surface area contributed by atoms with Gasteiger partial charge in [-0.15, -0.1) is 0 Å². The molecule has 2 atom stereocenters. The Morgan fingerprint density at radius 2 is 1.65 bits per heavy atom. The lowest BCUT2D eigenvalue weighted by Gasteiger charge is -2.46. The Balaban J connectivity index is 1.67. The second-order valence-electron chi connectivity index (χ2n) is 8.55. The minimum atomic E-state index is -0.413. The van der Waals surface area contributed by atoms with Crippen molar-refractivity contribution in [1.82, 2.24) is 9.80 Å². The predicted molar refractivity (Wildman–Crippen MR) is 117 cm³/mol. The van der Waals surface area contributed by atoms with E-state index in [4.69, 9.17) is 9.47 Å². The van der Waals surface area contributed by atoms with E-state index in [1.165, 1.54) is 6.42 Å². The maximum Gasteiger partial charge on any atom is 0.254 e. The summed E-state index contributed by atoms with van der Waals surface area (Å²) in [4.78, 5) is 31.2. The Labute approximate surface area is 182 Å². The lowest BCUT2D eigenvalue weighted by molar-refractivity contribution is -0.135. The summed E-state index contributed by atoms with van der Waals surface area (Å²) in [5.41, 5.74) is 3.59. The fourth-order valence-corrected chi connectivity index (χ4v) is 5.43. The lowest BCUT2D eigenvalue weighted by atomic mass is 9.75. The van der Waals surface area contributed by atoms with Gasteiger partial charge >= 0.3 is 0 Å². The normalized spacial score (nSPS) is 22.3. The van der Waals surface area contributed by atoms with Gasteiger partial charge in [-0.05, 0) is 60.6 Å². The molecule has 0 radical (unpaired) electrons. The van der Waals surface area contributed by atoms with Gasteiger partial charge in [0.1, 0.15) is 0 Å². The van der Waals surface area contributed by atoms with Gasteiger partial charge < -0.3 is 19.3 Å². The van der Waals surface area contributed by atoms with E-state index < -0.39 is 5.92 Å². The summed E-state index contributed by atoms with van der Waals surface area (Å²) in [5.74, 6) is 1.01. The summed E-state index contributed by atoms with van der Waals surface area (Å²) >= 11 is 0. The zero-order valence-corrected chi connectivity index (χ0v) is 18.1. The average molecular weight is 421 g/mol. The molecule has 6 heteroatoms. The lowest BCUT2D eigenvalue weighted by Crippen LogP contribution is -2.51. The third-order valence-electron chi connectivity index (χ3n) is 6.96. The molecular weight excluding hydrogens is 392 g/mol. The molecule has 1 fully saturated rings. The van der Waals surface area contributed by atoms with Crippen LogP contribution in [0.3, 0.4) is 0 Å². The van der Waals surface area contributed by atoms with E-state index in [0.29, 0.717) is 23.6 Å². The molecule has 6 nitrogen and oxygen atoms in total.